The van der Waals surface area contributed by atoms with Gasteiger partial charge in [0.2, 0.25) is 0 Å². The van der Waals surface area contributed by atoms with Crippen LogP contribution in [0, 0.1) is 11.3 Å². The zero-order valence-electron chi connectivity index (χ0n) is 18.2. The van der Waals surface area contributed by atoms with Gasteiger partial charge in [-0.1, -0.05) is 18.2 Å². The van der Waals surface area contributed by atoms with Crippen LogP contribution in [0.15, 0.2) is 47.1 Å². The molecule has 0 aromatic heterocycles. The first-order chi connectivity index (χ1) is 14.6. The van der Waals surface area contributed by atoms with Crippen LogP contribution in [0.1, 0.15) is 40.0 Å². The minimum absolute atomic E-state index is 0.0236. The van der Waals surface area contributed by atoms with Crippen LogP contribution in [0.2, 0.25) is 0 Å². The SMILES string of the molecule is CC(C)(C)OC(=O)N1CCC(CC#N)(N/C=C(/C(N)=O)C(N)=Nc2ccccc2)CC1. The van der Waals surface area contributed by atoms with Gasteiger partial charge < -0.3 is 26.4 Å². The standard InChI is InChI=1S/C22H30N6O3/c1-21(2,3)31-20(30)28-13-10-22(9-12-23,11-14-28)26-15-17(19(25)29)18(24)27-16-7-5-4-6-8-16/h4-8,15,26H,9-11,13-14H2,1-3H3,(H2,24,27)(H2,25,29)/b17-15+. The van der Waals surface area contributed by atoms with Gasteiger partial charge in [-0.05, 0) is 45.7 Å². The molecule has 1 aliphatic heterocycles. The number of amides is 2. The number of likely N-dealkylation sites (tertiary alicyclic amines) is 1. The summed E-state index contributed by atoms with van der Waals surface area (Å²) in [6.07, 6.45) is 2.22. The molecule has 0 unspecified atom stereocenters. The van der Waals surface area contributed by atoms with Gasteiger partial charge in [0.15, 0.2) is 0 Å². The molecule has 1 fully saturated rings. The molecule has 2 rings (SSSR count). The molecule has 2 amide bonds. The number of carbonyl (C=O) groups is 2. The summed E-state index contributed by atoms with van der Waals surface area (Å²) in [5, 5.41) is 12.5. The van der Waals surface area contributed by atoms with Crippen molar-refractivity contribution in [3.63, 3.8) is 0 Å². The second kappa shape index (κ2) is 9.98. The monoisotopic (exact) mass is 426 g/mol. The van der Waals surface area contributed by atoms with Crippen molar-refractivity contribution in [2.24, 2.45) is 16.5 Å². The van der Waals surface area contributed by atoms with E-state index in [-0.39, 0.29) is 23.9 Å². The van der Waals surface area contributed by atoms with Crippen LogP contribution in [-0.4, -0.2) is 47.0 Å². The Hall–Kier alpha value is -3.54. The summed E-state index contributed by atoms with van der Waals surface area (Å²) in [7, 11) is 0. The van der Waals surface area contributed by atoms with Gasteiger partial charge in [0.25, 0.3) is 5.91 Å². The molecule has 9 nitrogen and oxygen atoms in total. The van der Waals surface area contributed by atoms with Crippen molar-refractivity contribution < 1.29 is 14.3 Å². The first-order valence-corrected chi connectivity index (χ1v) is 10.1. The summed E-state index contributed by atoms with van der Waals surface area (Å²) in [4.78, 5) is 30.1. The van der Waals surface area contributed by atoms with Gasteiger partial charge >= 0.3 is 6.09 Å². The Morgan fingerprint density at radius 1 is 1.26 bits per heavy atom. The lowest BCUT2D eigenvalue weighted by Crippen LogP contribution is -2.53. The van der Waals surface area contributed by atoms with Gasteiger partial charge in [0.05, 0.1) is 29.3 Å². The zero-order chi connectivity index (χ0) is 23.1. The summed E-state index contributed by atoms with van der Waals surface area (Å²) in [6.45, 7) is 6.27. The number of primary amides is 1. The van der Waals surface area contributed by atoms with Crippen molar-refractivity contribution in [1.82, 2.24) is 10.2 Å². The molecule has 0 spiro atoms. The highest BCUT2D eigenvalue weighted by molar-refractivity contribution is 6.20. The highest BCUT2D eigenvalue weighted by atomic mass is 16.6. The highest BCUT2D eigenvalue weighted by Gasteiger charge is 2.36. The smallest absolute Gasteiger partial charge is 0.410 e. The van der Waals surface area contributed by atoms with Crippen LogP contribution in [0.4, 0.5) is 10.5 Å². The van der Waals surface area contributed by atoms with E-state index in [9.17, 15) is 14.9 Å². The van der Waals surface area contributed by atoms with Gasteiger partial charge in [0.1, 0.15) is 11.4 Å². The van der Waals surface area contributed by atoms with Crippen molar-refractivity contribution in [2.45, 2.75) is 51.2 Å². The second-order valence-electron chi connectivity index (χ2n) is 8.48. The molecule has 0 aliphatic carbocycles. The van der Waals surface area contributed by atoms with Crippen LogP contribution in [0.25, 0.3) is 0 Å². The zero-order valence-corrected chi connectivity index (χ0v) is 18.2. The van der Waals surface area contributed by atoms with Gasteiger partial charge in [-0.2, -0.15) is 5.26 Å². The number of piperidine rings is 1. The van der Waals surface area contributed by atoms with Gasteiger partial charge in [-0.15, -0.1) is 0 Å². The molecule has 0 saturated carbocycles. The molecule has 5 N–H and O–H groups in total. The van der Waals surface area contributed by atoms with Crippen molar-refractivity contribution in [3.8, 4) is 6.07 Å². The normalized spacial score (nSPS) is 16.9. The number of ether oxygens (including phenoxy) is 1. The quantitative estimate of drug-likeness (QED) is 0.361. The Kier molecular flexibility index (Phi) is 7.64. The number of carbonyl (C=O) groups excluding carboxylic acids is 2. The maximum atomic E-state index is 12.3. The number of benzene rings is 1. The molecule has 31 heavy (non-hydrogen) atoms. The van der Waals surface area contributed by atoms with Gasteiger partial charge in [0, 0.05) is 19.3 Å². The maximum Gasteiger partial charge on any atom is 0.410 e. The average molecular weight is 427 g/mol. The topological polar surface area (TPSA) is 147 Å². The molecule has 166 valence electrons. The summed E-state index contributed by atoms with van der Waals surface area (Å²) < 4.78 is 5.42. The van der Waals surface area contributed by atoms with E-state index in [0.717, 1.165) is 0 Å². The Balaban J connectivity index is 2.15. The van der Waals surface area contributed by atoms with Gasteiger partial charge in [-0.3, -0.25) is 4.79 Å². The molecule has 0 radical (unpaired) electrons. The van der Waals surface area contributed by atoms with E-state index in [4.69, 9.17) is 16.2 Å². The predicted molar refractivity (Wildman–Crippen MR) is 118 cm³/mol. The number of para-hydroxylation sites is 1. The highest BCUT2D eigenvalue weighted by Crippen LogP contribution is 2.27. The summed E-state index contributed by atoms with van der Waals surface area (Å²) in [5.74, 6) is -0.757. The molecule has 1 aromatic carbocycles. The number of hydrogen-bond donors (Lipinski definition) is 3. The number of nitrogens with one attached hydrogen (secondary N) is 1. The average Bonchev–Trinajstić information content (AvgIpc) is 2.68. The lowest BCUT2D eigenvalue weighted by molar-refractivity contribution is -0.114. The van der Waals surface area contributed by atoms with E-state index in [0.29, 0.717) is 31.6 Å². The van der Waals surface area contributed by atoms with Crippen LogP contribution in [-0.2, 0) is 9.53 Å². The molecule has 0 atom stereocenters. The fourth-order valence-corrected chi connectivity index (χ4v) is 3.17. The predicted octanol–water partition coefficient (Wildman–Crippen LogP) is 2.32. The van der Waals surface area contributed by atoms with Crippen molar-refractivity contribution >= 4 is 23.5 Å². The number of aliphatic imine (C=N–C) groups is 1. The summed E-state index contributed by atoms with van der Waals surface area (Å²) in [6, 6.07) is 11.1. The molecular weight excluding hydrogens is 396 g/mol. The summed E-state index contributed by atoms with van der Waals surface area (Å²) in [5.41, 5.74) is 10.9. The minimum atomic E-state index is -0.733. The Morgan fingerprint density at radius 2 is 1.87 bits per heavy atom. The fraction of sp³-hybridized carbons (Fsp3) is 0.455. The van der Waals surface area contributed by atoms with Crippen molar-refractivity contribution in [2.75, 3.05) is 13.1 Å². The van der Waals surface area contributed by atoms with E-state index >= 15 is 0 Å². The van der Waals surface area contributed by atoms with Crippen LogP contribution in [0.3, 0.4) is 0 Å². The number of amidine groups is 1. The molecule has 1 saturated heterocycles. The number of rotatable bonds is 6. The first-order valence-electron chi connectivity index (χ1n) is 10.1. The molecular formula is C22H30N6O3. The van der Waals surface area contributed by atoms with Gasteiger partial charge in [-0.25, -0.2) is 9.79 Å². The third-order valence-corrected chi connectivity index (χ3v) is 4.86. The lowest BCUT2D eigenvalue weighted by atomic mass is 9.85. The molecule has 1 aromatic rings. The molecule has 9 heteroatoms. The van der Waals surface area contributed by atoms with Crippen molar-refractivity contribution in [1.29, 1.82) is 5.26 Å². The number of nitriles is 1. The fourth-order valence-electron chi connectivity index (χ4n) is 3.17. The van der Waals surface area contributed by atoms with Crippen LogP contribution < -0.4 is 16.8 Å². The van der Waals surface area contributed by atoms with Crippen LogP contribution >= 0.6 is 0 Å². The first kappa shape index (κ1) is 23.7. The molecule has 1 aliphatic rings. The minimum Gasteiger partial charge on any atom is -0.444 e. The summed E-state index contributed by atoms with van der Waals surface area (Å²) >= 11 is 0. The molecule has 0 bridgehead atoms. The van der Waals surface area contributed by atoms with E-state index in [1.165, 1.54) is 6.20 Å². The second-order valence-corrected chi connectivity index (χ2v) is 8.48. The van der Waals surface area contributed by atoms with E-state index in [1.54, 1.807) is 29.2 Å². The Labute approximate surface area is 182 Å². The Bertz CT molecular complexity index is 888. The molecule has 1 heterocycles. The van der Waals surface area contributed by atoms with E-state index in [2.05, 4.69) is 16.4 Å². The third kappa shape index (κ3) is 7.03. The number of nitrogens with two attached hydrogens (primary N) is 2. The van der Waals surface area contributed by atoms with Crippen LogP contribution in [0.5, 0.6) is 0 Å². The maximum absolute atomic E-state index is 12.3. The Morgan fingerprint density at radius 3 is 2.39 bits per heavy atom. The number of nitrogens with zero attached hydrogens (tertiary/aromatic N) is 3. The van der Waals surface area contributed by atoms with E-state index in [1.807, 2.05) is 26.8 Å². The third-order valence-electron chi connectivity index (χ3n) is 4.86. The lowest BCUT2D eigenvalue weighted by Gasteiger charge is -2.41. The van der Waals surface area contributed by atoms with Crippen molar-refractivity contribution in [3.05, 3.63) is 42.1 Å². The number of hydrogen-bond acceptors (Lipinski definition) is 6. The van der Waals surface area contributed by atoms with E-state index < -0.39 is 17.0 Å². The largest absolute Gasteiger partial charge is 0.444 e.